The molecule has 3 N–H and O–H groups in total. The Bertz CT molecular complexity index is 778. The molecule has 0 aliphatic rings. The van der Waals surface area contributed by atoms with Crippen LogP contribution in [-0.4, -0.2) is 43.6 Å². The van der Waals surface area contributed by atoms with Crippen LogP contribution in [-0.2, 0) is 5.41 Å². The van der Waals surface area contributed by atoms with Gasteiger partial charge in [-0.1, -0.05) is 50.3 Å². The fourth-order valence-electron chi connectivity index (χ4n) is 3.54. The van der Waals surface area contributed by atoms with Gasteiger partial charge in [-0.05, 0) is 53.6 Å². The molecule has 0 saturated carbocycles. The summed E-state index contributed by atoms with van der Waals surface area (Å²) in [6.07, 6.45) is 5.37. The van der Waals surface area contributed by atoms with Gasteiger partial charge in [0.2, 0.25) is 0 Å². The molecule has 2 rings (SSSR count). The zero-order valence-electron chi connectivity index (χ0n) is 17.6. The number of aliphatic hydroxyl groups is 2. The lowest BCUT2D eigenvalue weighted by Crippen LogP contribution is -2.29. The largest absolute Gasteiger partial charge is 0.395 e. The second-order valence-electron chi connectivity index (χ2n) is 7.76. The summed E-state index contributed by atoms with van der Waals surface area (Å²) >= 11 is 0. The summed E-state index contributed by atoms with van der Waals surface area (Å²) in [6.45, 7) is 7.83. The lowest BCUT2D eigenvalue weighted by atomic mass is 9.80. The maximum absolute atomic E-state index is 9.23. The zero-order valence-corrected chi connectivity index (χ0v) is 17.6. The van der Waals surface area contributed by atoms with Crippen LogP contribution in [0.1, 0.15) is 37.0 Å². The molecule has 0 heterocycles. The maximum Gasteiger partial charge on any atom is 0.0606 e. The van der Waals surface area contributed by atoms with E-state index in [9.17, 15) is 10.2 Å². The first-order valence-electron chi connectivity index (χ1n) is 9.94. The third kappa shape index (κ3) is 5.60. The van der Waals surface area contributed by atoms with E-state index in [1.807, 2.05) is 11.9 Å². The van der Waals surface area contributed by atoms with Crippen LogP contribution < -0.4 is 10.2 Å². The number of rotatable bonds is 10. The first-order valence-corrected chi connectivity index (χ1v) is 9.94. The van der Waals surface area contributed by atoms with Crippen molar-refractivity contribution < 1.29 is 10.2 Å². The van der Waals surface area contributed by atoms with E-state index < -0.39 is 0 Å². The molecule has 4 heteroatoms. The first-order chi connectivity index (χ1) is 13.4. The topological polar surface area (TPSA) is 55.7 Å². The van der Waals surface area contributed by atoms with Crippen LogP contribution in [0.25, 0.3) is 6.08 Å². The van der Waals surface area contributed by atoms with Crippen molar-refractivity contribution in [2.75, 3.05) is 43.6 Å². The van der Waals surface area contributed by atoms with Crippen LogP contribution in [0.4, 0.5) is 11.4 Å². The molecule has 0 spiro atoms. The summed E-state index contributed by atoms with van der Waals surface area (Å²) in [7, 11) is 1.96. The van der Waals surface area contributed by atoms with E-state index in [-0.39, 0.29) is 18.6 Å². The predicted molar refractivity (Wildman–Crippen MR) is 120 cm³/mol. The van der Waals surface area contributed by atoms with Crippen LogP contribution in [0.3, 0.4) is 0 Å². The predicted octanol–water partition coefficient (Wildman–Crippen LogP) is 4.21. The van der Waals surface area contributed by atoms with Gasteiger partial charge in [-0.25, -0.2) is 0 Å². The van der Waals surface area contributed by atoms with Crippen molar-refractivity contribution in [3.63, 3.8) is 0 Å². The van der Waals surface area contributed by atoms with Gasteiger partial charge in [0.15, 0.2) is 0 Å². The fraction of sp³-hybridized carbons (Fsp3) is 0.417. The highest BCUT2D eigenvalue weighted by Crippen LogP contribution is 2.33. The van der Waals surface area contributed by atoms with Crippen LogP contribution in [0.15, 0.2) is 48.5 Å². The molecule has 2 aromatic rings. The molecule has 152 valence electrons. The Morgan fingerprint density at radius 1 is 1.04 bits per heavy atom. The maximum atomic E-state index is 9.23. The standard InChI is InChI=1S/C24H34N2O2/c1-19-18-21(26(14-16-27)15-17-28)12-11-20(19)8-7-13-24(2,3)22-9-5-6-10-23(22)25-4/h5-12,18,25,27-28H,13-17H2,1-4H3/b8-7+. The minimum Gasteiger partial charge on any atom is -0.395 e. The Kier molecular flexibility index (Phi) is 8.09. The molecule has 0 aliphatic heterocycles. The Morgan fingerprint density at radius 2 is 1.71 bits per heavy atom. The van der Waals surface area contributed by atoms with Gasteiger partial charge in [0, 0.05) is 31.5 Å². The van der Waals surface area contributed by atoms with Gasteiger partial charge in [0.1, 0.15) is 0 Å². The molecule has 0 unspecified atom stereocenters. The highest BCUT2D eigenvalue weighted by atomic mass is 16.3. The number of aliphatic hydroxyl groups excluding tert-OH is 2. The Hall–Kier alpha value is -2.30. The van der Waals surface area contributed by atoms with Gasteiger partial charge >= 0.3 is 0 Å². The summed E-state index contributed by atoms with van der Waals surface area (Å²) in [5.74, 6) is 0. The van der Waals surface area contributed by atoms with Crippen molar-refractivity contribution in [2.45, 2.75) is 32.6 Å². The number of para-hydroxylation sites is 1. The molecule has 0 radical (unpaired) electrons. The van der Waals surface area contributed by atoms with E-state index >= 15 is 0 Å². The van der Waals surface area contributed by atoms with Crippen LogP contribution in [0.5, 0.6) is 0 Å². The van der Waals surface area contributed by atoms with Crippen LogP contribution in [0.2, 0.25) is 0 Å². The number of aryl methyl sites for hydroxylation is 1. The Morgan fingerprint density at radius 3 is 2.32 bits per heavy atom. The number of benzene rings is 2. The van der Waals surface area contributed by atoms with Gasteiger partial charge in [-0.2, -0.15) is 0 Å². The smallest absolute Gasteiger partial charge is 0.0606 e. The van der Waals surface area contributed by atoms with Gasteiger partial charge in [0.25, 0.3) is 0 Å². The third-order valence-electron chi connectivity index (χ3n) is 5.21. The van der Waals surface area contributed by atoms with E-state index in [2.05, 4.69) is 80.7 Å². The number of nitrogens with one attached hydrogen (secondary N) is 1. The molecule has 0 amide bonds. The highest BCUT2D eigenvalue weighted by molar-refractivity contribution is 5.61. The Labute approximate surface area is 169 Å². The average Bonchev–Trinajstić information content (AvgIpc) is 2.69. The van der Waals surface area contributed by atoms with Crippen molar-refractivity contribution in [2.24, 2.45) is 0 Å². The molecular weight excluding hydrogens is 348 g/mol. The summed E-state index contributed by atoms with van der Waals surface area (Å²) in [5.41, 5.74) is 5.92. The van der Waals surface area contributed by atoms with Crippen molar-refractivity contribution in [3.8, 4) is 0 Å². The third-order valence-corrected chi connectivity index (χ3v) is 5.21. The van der Waals surface area contributed by atoms with Crippen LogP contribution in [0, 0.1) is 6.92 Å². The van der Waals surface area contributed by atoms with Gasteiger partial charge in [0.05, 0.1) is 13.2 Å². The van der Waals surface area contributed by atoms with Crippen LogP contribution >= 0.6 is 0 Å². The van der Waals surface area contributed by atoms with Crippen molar-refractivity contribution in [3.05, 3.63) is 65.2 Å². The number of hydrogen-bond acceptors (Lipinski definition) is 4. The minimum absolute atomic E-state index is 0.0308. The molecule has 0 atom stereocenters. The van der Waals surface area contributed by atoms with Gasteiger partial charge in [-0.3, -0.25) is 0 Å². The SMILES string of the molecule is CNc1ccccc1C(C)(C)C/C=C/c1ccc(N(CCO)CCO)cc1C. The number of hydrogen-bond donors (Lipinski definition) is 3. The van der Waals surface area contributed by atoms with Crippen molar-refractivity contribution in [1.82, 2.24) is 0 Å². The number of allylic oxidation sites excluding steroid dienone is 1. The van der Waals surface area contributed by atoms with Gasteiger partial charge < -0.3 is 20.4 Å². The summed E-state index contributed by atoms with van der Waals surface area (Å²) < 4.78 is 0. The fourth-order valence-corrected chi connectivity index (χ4v) is 3.54. The Balaban J connectivity index is 2.13. The normalized spacial score (nSPS) is 11.8. The highest BCUT2D eigenvalue weighted by Gasteiger charge is 2.21. The van der Waals surface area contributed by atoms with Crippen molar-refractivity contribution >= 4 is 17.5 Å². The molecule has 4 nitrogen and oxygen atoms in total. The molecule has 0 bridgehead atoms. The second kappa shape index (κ2) is 10.3. The minimum atomic E-state index is 0.0308. The number of anilines is 2. The second-order valence-corrected chi connectivity index (χ2v) is 7.76. The lowest BCUT2D eigenvalue weighted by Gasteiger charge is -2.26. The molecule has 0 aromatic heterocycles. The molecule has 0 aliphatic carbocycles. The van der Waals surface area contributed by atoms with E-state index in [1.165, 1.54) is 22.4 Å². The van der Waals surface area contributed by atoms with E-state index in [1.54, 1.807) is 0 Å². The zero-order chi connectivity index (χ0) is 20.6. The molecular formula is C24H34N2O2. The number of nitrogens with zero attached hydrogens (tertiary/aromatic N) is 1. The summed E-state index contributed by atoms with van der Waals surface area (Å²) in [4.78, 5) is 2.00. The van der Waals surface area contributed by atoms with E-state index in [4.69, 9.17) is 0 Å². The summed E-state index contributed by atoms with van der Waals surface area (Å²) in [5, 5.41) is 21.8. The monoisotopic (exact) mass is 382 g/mol. The molecule has 28 heavy (non-hydrogen) atoms. The quantitative estimate of drug-likeness (QED) is 0.576. The molecule has 0 fully saturated rings. The summed E-state index contributed by atoms with van der Waals surface area (Å²) in [6, 6.07) is 14.7. The first kappa shape index (κ1) is 22.0. The average molecular weight is 383 g/mol. The molecule has 2 aromatic carbocycles. The van der Waals surface area contributed by atoms with E-state index in [0.29, 0.717) is 13.1 Å². The lowest BCUT2D eigenvalue weighted by molar-refractivity contribution is 0.281. The van der Waals surface area contributed by atoms with E-state index in [0.717, 1.165) is 12.1 Å². The van der Waals surface area contributed by atoms with Gasteiger partial charge in [-0.15, -0.1) is 0 Å². The molecule has 0 saturated heterocycles. The van der Waals surface area contributed by atoms with Crippen molar-refractivity contribution in [1.29, 1.82) is 0 Å².